The van der Waals surface area contributed by atoms with Crippen molar-refractivity contribution in [1.29, 1.82) is 0 Å². The Morgan fingerprint density at radius 2 is 1.89 bits per heavy atom. The number of hydrogen-bond donors (Lipinski definition) is 2. The summed E-state index contributed by atoms with van der Waals surface area (Å²) in [6, 6.07) is 7.48. The van der Waals surface area contributed by atoms with Crippen LogP contribution in [0.4, 0.5) is 10.5 Å². The predicted octanol–water partition coefficient (Wildman–Crippen LogP) is 2.72. The molecule has 0 aliphatic rings. The third-order valence-electron chi connectivity index (χ3n) is 2.08. The van der Waals surface area contributed by atoms with Gasteiger partial charge in [-0.05, 0) is 45.4 Å². The highest BCUT2D eigenvalue weighted by molar-refractivity contribution is 5.80. The molecule has 0 unspecified atom stereocenters. The van der Waals surface area contributed by atoms with E-state index >= 15 is 0 Å². The number of nitrogens with zero attached hydrogens (tertiary/aromatic N) is 1. The third kappa shape index (κ3) is 6.45. The Morgan fingerprint density at radius 3 is 2.37 bits per heavy atom. The van der Waals surface area contributed by atoms with Crippen LogP contribution in [0.15, 0.2) is 29.3 Å². The Kier molecular flexibility index (Phi) is 4.92. The van der Waals surface area contributed by atoms with Crippen molar-refractivity contribution < 1.29 is 9.53 Å². The fourth-order valence-corrected chi connectivity index (χ4v) is 1.38. The van der Waals surface area contributed by atoms with Crippen molar-refractivity contribution in [2.24, 2.45) is 10.7 Å². The van der Waals surface area contributed by atoms with Gasteiger partial charge in [0.1, 0.15) is 5.60 Å². The minimum atomic E-state index is -0.485. The van der Waals surface area contributed by atoms with Gasteiger partial charge in [0.15, 0.2) is 0 Å². The maximum absolute atomic E-state index is 11.5. The highest BCUT2D eigenvalue weighted by Crippen LogP contribution is 2.13. The average molecular weight is 263 g/mol. The van der Waals surface area contributed by atoms with E-state index in [-0.39, 0.29) is 0 Å². The highest BCUT2D eigenvalue weighted by atomic mass is 16.6. The number of carbonyl (C=O) groups is 1. The number of amidine groups is 1. The first-order valence-electron chi connectivity index (χ1n) is 6.13. The van der Waals surface area contributed by atoms with Crippen molar-refractivity contribution in [3.05, 3.63) is 29.8 Å². The van der Waals surface area contributed by atoms with Gasteiger partial charge in [0.25, 0.3) is 0 Å². The van der Waals surface area contributed by atoms with Crippen LogP contribution in [0.5, 0.6) is 0 Å². The molecule has 5 nitrogen and oxygen atoms in total. The molecule has 0 spiro atoms. The van der Waals surface area contributed by atoms with Gasteiger partial charge in [-0.2, -0.15) is 0 Å². The SMILES string of the molecule is CC(N)=Nc1ccc(CNC(=O)OC(C)(C)C)cc1. The second-order valence-electron chi connectivity index (χ2n) is 5.28. The maximum Gasteiger partial charge on any atom is 0.407 e. The highest BCUT2D eigenvalue weighted by Gasteiger charge is 2.15. The first kappa shape index (κ1) is 15.0. The predicted molar refractivity (Wildman–Crippen MR) is 76.5 cm³/mol. The van der Waals surface area contributed by atoms with Crippen LogP contribution in [-0.4, -0.2) is 17.5 Å². The van der Waals surface area contributed by atoms with Gasteiger partial charge in [-0.3, -0.25) is 0 Å². The van der Waals surface area contributed by atoms with Gasteiger partial charge in [0.05, 0.1) is 11.5 Å². The van der Waals surface area contributed by atoms with Crippen molar-refractivity contribution in [2.75, 3.05) is 0 Å². The van der Waals surface area contributed by atoms with Crippen molar-refractivity contribution in [3.8, 4) is 0 Å². The first-order valence-corrected chi connectivity index (χ1v) is 6.13. The summed E-state index contributed by atoms with van der Waals surface area (Å²) >= 11 is 0. The second-order valence-corrected chi connectivity index (χ2v) is 5.28. The molecule has 1 aromatic carbocycles. The number of carbonyl (C=O) groups excluding carboxylic acids is 1. The largest absolute Gasteiger partial charge is 0.444 e. The van der Waals surface area contributed by atoms with Crippen LogP contribution < -0.4 is 11.1 Å². The fraction of sp³-hybridized carbons (Fsp3) is 0.429. The normalized spacial score (nSPS) is 12.1. The average Bonchev–Trinajstić information content (AvgIpc) is 2.25. The molecule has 3 N–H and O–H groups in total. The molecule has 0 radical (unpaired) electrons. The minimum Gasteiger partial charge on any atom is -0.444 e. The quantitative estimate of drug-likeness (QED) is 0.650. The molecular formula is C14H21N3O2. The van der Waals surface area contributed by atoms with Gasteiger partial charge in [-0.25, -0.2) is 9.79 Å². The molecule has 104 valence electrons. The summed E-state index contributed by atoms with van der Waals surface area (Å²) in [4.78, 5) is 15.6. The molecule has 0 bridgehead atoms. The molecule has 1 aromatic rings. The lowest BCUT2D eigenvalue weighted by atomic mass is 10.2. The molecule has 19 heavy (non-hydrogen) atoms. The van der Waals surface area contributed by atoms with Gasteiger partial charge >= 0.3 is 6.09 Å². The number of nitrogens with one attached hydrogen (secondary N) is 1. The monoisotopic (exact) mass is 263 g/mol. The van der Waals surface area contributed by atoms with Gasteiger partial charge in [-0.1, -0.05) is 12.1 Å². The van der Waals surface area contributed by atoms with Crippen LogP contribution in [0.25, 0.3) is 0 Å². The summed E-state index contributed by atoms with van der Waals surface area (Å²) in [5, 5.41) is 2.69. The lowest BCUT2D eigenvalue weighted by Crippen LogP contribution is -2.32. The van der Waals surface area contributed by atoms with Crippen LogP contribution in [0.1, 0.15) is 33.3 Å². The van der Waals surface area contributed by atoms with Crippen LogP contribution in [0, 0.1) is 0 Å². The Balaban J connectivity index is 2.50. The molecule has 0 saturated carbocycles. The number of amides is 1. The minimum absolute atomic E-state index is 0.417. The second kappa shape index (κ2) is 6.22. The summed E-state index contributed by atoms with van der Waals surface area (Å²) in [6.45, 7) is 7.63. The smallest absolute Gasteiger partial charge is 0.407 e. The number of alkyl carbamates (subject to hydrolysis) is 1. The van der Waals surface area contributed by atoms with Crippen LogP contribution in [0.2, 0.25) is 0 Å². The van der Waals surface area contributed by atoms with E-state index in [1.54, 1.807) is 6.92 Å². The summed E-state index contributed by atoms with van der Waals surface area (Å²) in [6.07, 6.45) is -0.424. The van der Waals surface area contributed by atoms with E-state index in [1.807, 2.05) is 45.0 Å². The number of hydrogen-bond acceptors (Lipinski definition) is 3. The van der Waals surface area contributed by atoms with E-state index in [0.29, 0.717) is 12.4 Å². The van der Waals surface area contributed by atoms with Crippen LogP contribution in [0.3, 0.4) is 0 Å². The zero-order valence-corrected chi connectivity index (χ0v) is 11.9. The van der Waals surface area contributed by atoms with Gasteiger partial charge in [0, 0.05) is 6.54 Å². The summed E-state index contributed by atoms with van der Waals surface area (Å²) in [5.41, 5.74) is 6.78. The molecule has 5 heteroatoms. The number of rotatable bonds is 3. The van der Waals surface area contributed by atoms with E-state index in [1.165, 1.54) is 0 Å². The molecule has 1 amide bonds. The topological polar surface area (TPSA) is 76.7 Å². The van der Waals surface area contributed by atoms with Gasteiger partial charge < -0.3 is 15.8 Å². The molecule has 0 atom stereocenters. The molecule has 0 saturated heterocycles. The van der Waals surface area contributed by atoms with E-state index in [4.69, 9.17) is 10.5 Å². The number of ether oxygens (including phenoxy) is 1. The van der Waals surface area contributed by atoms with Gasteiger partial charge in [0.2, 0.25) is 0 Å². The lowest BCUT2D eigenvalue weighted by Gasteiger charge is -2.19. The van der Waals surface area contributed by atoms with Gasteiger partial charge in [-0.15, -0.1) is 0 Å². The zero-order valence-electron chi connectivity index (χ0n) is 11.9. The van der Waals surface area contributed by atoms with Crippen molar-refractivity contribution in [3.63, 3.8) is 0 Å². The van der Waals surface area contributed by atoms with Crippen molar-refractivity contribution in [1.82, 2.24) is 5.32 Å². The van der Waals surface area contributed by atoms with Crippen LogP contribution >= 0.6 is 0 Å². The van der Waals surface area contributed by atoms with Crippen molar-refractivity contribution >= 4 is 17.6 Å². The summed E-state index contributed by atoms with van der Waals surface area (Å²) in [7, 11) is 0. The molecule has 0 heterocycles. The molecule has 0 fully saturated rings. The van der Waals surface area contributed by atoms with E-state index in [0.717, 1.165) is 11.3 Å². The van der Waals surface area contributed by atoms with E-state index < -0.39 is 11.7 Å². The number of nitrogens with two attached hydrogens (primary N) is 1. The summed E-state index contributed by atoms with van der Waals surface area (Å²) < 4.78 is 5.15. The Hall–Kier alpha value is -2.04. The number of aliphatic imine (C=N–C) groups is 1. The number of benzene rings is 1. The van der Waals surface area contributed by atoms with E-state index in [2.05, 4.69) is 10.3 Å². The Labute approximate surface area is 113 Å². The molecule has 0 aliphatic carbocycles. The zero-order chi connectivity index (χ0) is 14.5. The fourth-order valence-electron chi connectivity index (χ4n) is 1.38. The molecule has 1 rings (SSSR count). The lowest BCUT2D eigenvalue weighted by molar-refractivity contribution is 0.0523. The summed E-state index contributed by atoms with van der Waals surface area (Å²) in [5.74, 6) is 0.514. The van der Waals surface area contributed by atoms with Crippen LogP contribution in [-0.2, 0) is 11.3 Å². The molecule has 0 aliphatic heterocycles. The molecular weight excluding hydrogens is 242 g/mol. The first-order chi connectivity index (χ1) is 8.76. The molecule has 0 aromatic heterocycles. The maximum atomic E-state index is 11.5. The Morgan fingerprint density at radius 1 is 1.32 bits per heavy atom. The van der Waals surface area contributed by atoms with Crippen molar-refractivity contribution in [2.45, 2.75) is 39.8 Å². The van der Waals surface area contributed by atoms with E-state index in [9.17, 15) is 4.79 Å². The Bertz CT molecular complexity index is 455. The standard InChI is InChI=1S/C14H21N3O2/c1-10(15)17-12-7-5-11(6-8-12)9-16-13(18)19-14(2,3)4/h5-8H,9H2,1-4H3,(H2,15,17)(H,16,18). The third-order valence-corrected chi connectivity index (χ3v) is 2.08.